The molecule has 1 fully saturated rings. The van der Waals surface area contributed by atoms with E-state index in [1.807, 2.05) is 19.1 Å². The molecule has 1 aliphatic heterocycles. The second-order valence-corrected chi connectivity index (χ2v) is 6.89. The number of benzene rings is 1. The van der Waals surface area contributed by atoms with E-state index in [1.54, 1.807) is 13.1 Å². The number of hydrogen-bond acceptors (Lipinski definition) is 4. The summed E-state index contributed by atoms with van der Waals surface area (Å²) >= 11 is 0. The maximum atomic E-state index is 12.7. The Balaban J connectivity index is 1.56. The van der Waals surface area contributed by atoms with Crippen LogP contribution >= 0.6 is 0 Å². The van der Waals surface area contributed by atoms with Gasteiger partial charge in [-0.1, -0.05) is 12.1 Å². The molecule has 1 aromatic heterocycles. The fourth-order valence-electron chi connectivity index (χ4n) is 3.12. The van der Waals surface area contributed by atoms with E-state index in [2.05, 4.69) is 15.2 Å². The number of amides is 1. The van der Waals surface area contributed by atoms with Gasteiger partial charge in [-0.15, -0.1) is 0 Å². The maximum Gasteiger partial charge on any atom is 0.433 e. The summed E-state index contributed by atoms with van der Waals surface area (Å²) in [5.74, 6) is 0.695. The first-order valence-electron chi connectivity index (χ1n) is 8.95. The number of aromatic nitrogens is 1. The lowest BCUT2D eigenvalue weighted by Gasteiger charge is -2.38. The van der Waals surface area contributed by atoms with Crippen LogP contribution in [0.1, 0.15) is 22.5 Å². The second kappa shape index (κ2) is 8.18. The summed E-state index contributed by atoms with van der Waals surface area (Å²) in [6.07, 6.45) is -4.47. The minimum atomic E-state index is -4.47. The molecule has 0 spiro atoms. The molecule has 0 bridgehead atoms. The quantitative estimate of drug-likeness (QED) is 0.819. The molecule has 1 N–H and O–H groups in total. The minimum Gasteiger partial charge on any atom is -0.487 e. The van der Waals surface area contributed by atoms with E-state index in [0.717, 1.165) is 36.8 Å². The number of likely N-dealkylation sites (tertiary alicyclic amines) is 1. The first-order chi connectivity index (χ1) is 13.3. The molecule has 8 heteroatoms. The topological polar surface area (TPSA) is 54.5 Å². The Hall–Kier alpha value is -2.61. The van der Waals surface area contributed by atoms with Crippen LogP contribution in [0.15, 0.2) is 36.4 Å². The highest BCUT2D eigenvalue weighted by molar-refractivity contribution is 5.79. The van der Waals surface area contributed by atoms with Crippen LogP contribution in [0.5, 0.6) is 5.75 Å². The summed E-state index contributed by atoms with van der Waals surface area (Å²) in [7, 11) is 1.64. The molecule has 0 unspecified atom stereocenters. The third-order valence-electron chi connectivity index (χ3n) is 4.77. The van der Waals surface area contributed by atoms with Gasteiger partial charge < -0.3 is 10.1 Å². The predicted octanol–water partition coefficient (Wildman–Crippen LogP) is 3.17. The SMILES string of the molecule is CNC(=O)C1CN(Cc2ccc(OCc3cccc(C(F)(F)F)n3)cc2C)C1. The summed E-state index contributed by atoms with van der Waals surface area (Å²) in [4.78, 5) is 17.3. The van der Waals surface area contributed by atoms with Crippen molar-refractivity contribution in [3.63, 3.8) is 0 Å². The van der Waals surface area contributed by atoms with Gasteiger partial charge in [0, 0.05) is 26.7 Å². The lowest BCUT2D eigenvalue weighted by Crippen LogP contribution is -2.52. The zero-order valence-electron chi connectivity index (χ0n) is 15.7. The van der Waals surface area contributed by atoms with Crippen molar-refractivity contribution in [3.05, 3.63) is 58.9 Å². The predicted molar refractivity (Wildman–Crippen MR) is 97.6 cm³/mol. The van der Waals surface area contributed by atoms with Gasteiger partial charge in [0.1, 0.15) is 18.1 Å². The Morgan fingerprint density at radius 1 is 1.29 bits per heavy atom. The summed E-state index contributed by atoms with van der Waals surface area (Å²) in [5, 5.41) is 2.66. The van der Waals surface area contributed by atoms with Gasteiger partial charge in [0.25, 0.3) is 0 Å². The summed E-state index contributed by atoms with van der Waals surface area (Å²) in [5.41, 5.74) is 1.44. The van der Waals surface area contributed by atoms with Crippen molar-refractivity contribution < 1.29 is 22.7 Å². The molecule has 0 radical (unpaired) electrons. The lowest BCUT2D eigenvalue weighted by molar-refractivity contribution is -0.141. The van der Waals surface area contributed by atoms with Crippen LogP contribution < -0.4 is 10.1 Å². The number of carbonyl (C=O) groups is 1. The second-order valence-electron chi connectivity index (χ2n) is 6.89. The largest absolute Gasteiger partial charge is 0.487 e. The molecule has 0 aliphatic carbocycles. The van der Waals surface area contributed by atoms with Gasteiger partial charge >= 0.3 is 6.18 Å². The fourth-order valence-corrected chi connectivity index (χ4v) is 3.12. The van der Waals surface area contributed by atoms with Crippen molar-refractivity contribution in [2.24, 2.45) is 5.92 Å². The zero-order valence-corrected chi connectivity index (χ0v) is 15.7. The standard InChI is InChI=1S/C20H22F3N3O2/c1-13-8-17(28-12-16-4-3-5-18(25-16)20(21,22)23)7-6-14(13)9-26-10-15(11-26)19(27)24-2/h3-8,15H,9-12H2,1-2H3,(H,24,27). The summed E-state index contributed by atoms with van der Waals surface area (Å²) in [6, 6.07) is 9.36. The molecule has 0 atom stereocenters. The average Bonchev–Trinajstić information content (AvgIpc) is 2.63. The van der Waals surface area contributed by atoms with Crippen molar-refractivity contribution in [1.29, 1.82) is 0 Å². The van der Waals surface area contributed by atoms with Gasteiger partial charge in [-0.25, -0.2) is 4.98 Å². The number of halogens is 3. The van der Waals surface area contributed by atoms with Gasteiger partial charge in [0.2, 0.25) is 5.91 Å². The fraction of sp³-hybridized carbons (Fsp3) is 0.400. The number of nitrogens with zero attached hydrogens (tertiary/aromatic N) is 2. The smallest absolute Gasteiger partial charge is 0.433 e. The van der Waals surface area contributed by atoms with Gasteiger partial charge in [0.05, 0.1) is 11.6 Å². The normalized spacial score (nSPS) is 15.2. The number of rotatable bonds is 6. The van der Waals surface area contributed by atoms with E-state index in [9.17, 15) is 18.0 Å². The number of carbonyl (C=O) groups excluding carboxylic acids is 1. The van der Waals surface area contributed by atoms with Crippen LogP contribution in [-0.4, -0.2) is 35.9 Å². The molecule has 0 saturated carbocycles. The monoisotopic (exact) mass is 393 g/mol. The number of ether oxygens (including phenoxy) is 1. The summed E-state index contributed by atoms with van der Waals surface area (Å²) < 4.78 is 43.8. The average molecular weight is 393 g/mol. The number of alkyl halides is 3. The maximum absolute atomic E-state index is 12.7. The molecular formula is C20H22F3N3O2. The van der Waals surface area contributed by atoms with Crippen molar-refractivity contribution >= 4 is 5.91 Å². The Kier molecular flexibility index (Phi) is 5.88. The van der Waals surface area contributed by atoms with Crippen LogP contribution in [0.4, 0.5) is 13.2 Å². The number of aryl methyl sites for hydroxylation is 1. The van der Waals surface area contributed by atoms with Gasteiger partial charge in [-0.2, -0.15) is 13.2 Å². The van der Waals surface area contributed by atoms with Gasteiger partial charge in [-0.05, 0) is 42.3 Å². The van der Waals surface area contributed by atoms with Crippen LogP contribution in [0, 0.1) is 12.8 Å². The molecule has 2 aromatic rings. The Bertz CT molecular complexity index is 849. The van der Waals surface area contributed by atoms with E-state index in [-0.39, 0.29) is 24.1 Å². The molecule has 1 aliphatic rings. The van der Waals surface area contributed by atoms with E-state index in [4.69, 9.17) is 4.74 Å². The highest BCUT2D eigenvalue weighted by Gasteiger charge is 2.33. The number of pyridine rings is 1. The summed E-state index contributed by atoms with van der Waals surface area (Å²) in [6.45, 7) is 4.13. The molecular weight excluding hydrogens is 371 g/mol. The Labute approximate surface area is 161 Å². The van der Waals surface area contributed by atoms with Crippen molar-refractivity contribution in [3.8, 4) is 5.75 Å². The number of hydrogen-bond donors (Lipinski definition) is 1. The molecule has 5 nitrogen and oxygen atoms in total. The van der Waals surface area contributed by atoms with Gasteiger partial charge in [-0.3, -0.25) is 9.69 Å². The van der Waals surface area contributed by atoms with Crippen LogP contribution in [0.3, 0.4) is 0 Å². The molecule has 150 valence electrons. The van der Waals surface area contributed by atoms with Crippen molar-refractivity contribution in [2.75, 3.05) is 20.1 Å². The van der Waals surface area contributed by atoms with Crippen molar-refractivity contribution in [2.45, 2.75) is 26.3 Å². The van der Waals surface area contributed by atoms with E-state index >= 15 is 0 Å². The molecule has 1 aromatic carbocycles. The lowest BCUT2D eigenvalue weighted by atomic mass is 9.97. The third-order valence-corrected chi connectivity index (χ3v) is 4.77. The first kappa shape index (κ1) is 20.1. The highest BCUT2D eigenvalue weighted by Crippen LogP contribution is 2.28. The van der Waals surface area contributed by atoms with E-state index in [1.165, 1.54) is 12.1 Å². The van der Waals surface area contributed by atoms with E-state index in [0.29, 0.717) is 5.75 Å². The van der Waals surface area contributed by atoms with E-state index < -0.39 is 11.9 Å². The molecule has 1 amide bonds. The van der Waals surface area contributed by atoms with Crippen LogP contribution in [0.25, 0.3) is 0 Å². The minimum absolute atomic E-state index is 0.0390. The highest BCUT2D eigenvalue weighted by atomic mass is 19.4. The number of nitrogens with one attached hydrogen (secondary N) is 1. The van der Waals surface area contributed by atoms with Crippen LogP contribution in [0.2, 0.25) is 0 Å². The molecule has 1 saturated heterocycles. The first-order valence-corrected chi connectivity index (χ1v) is 8.95. The Morgan fingerprint density at radius 2 is 2.04 bits per heavy atom. The van der Waals surface area contributed by atoms with Crippen molar-refractivity contribution in [1.82, 2.24) is 15.2 Å². The molecule has 28 heavy (non-hydrogen) atoms. The van der Waals surface area contributed by atoms with Gasteiger partial charge in [0.15, 0.2) is 0 Å². The molecule has 2 heterocycles. The third kappa shape index (κ3) is 4.81. The molecule has 3 rings (SSSR count). The van der Waals surface area contributed by atoms with Crippen LogP contribution in [-0.2, 0) is 24.1 Å². The zero-order chi connectivity index (χ0) is 20.3. The Morgan fingerprint density at radius 3 is 2.68 bits per heavy atom.